The number of hydrogen-bond donors (Lipinski definition) is 1. The van der Waals surface area contributed by atoms with E-state index in [1.165, 1.54) is 10.9 Å². The maximum Gasteiger partial charge on any atom is 0.449 e. The van der Waals surface area contributed by atoms with Crippen molar-refractivity contribution in [1.29, 1.82) is 0 Å². The number of rotatable bonds is 0. The van der Waals surface area contributed by atoms with Crippen molar-refractivity contribution in [3.05, 3.63) is 16.7 Å². The summed E-state index contributed by atoms with van der Waals surface area (Å²) in [7, 11) is 1.59. The molecule has 0 bridgehead atoms. The zero-order valence-electron chi connectivity index (χ0n) is 7.46. The monoisotopic (exact) mass is 234 g/mol. The summed E-state index contributed by atoms with van der Waals surface area (Å²) in [5.74, 6) is -1.13. The van der Waals surface area contributed by atoms with Gasteiger partial charge in [0.1, 0.15) is 4.64 Å². The number of nitrogens with zero attached hydrogens (tertiary/aromatic N) is 3. The van der Waals surface area contributed by atoms with Gasteiger partial charge in [-0.3, -0.25) is 4.68 Å². The number of aromatic amines is 1. The molecule has 2 aromatic rings. The first-order valence-electron chi connectivity index (χ1n) is 3.89. The van der Waals surface area contributed by atoms with E-state index in [2.05, 4.69) is 15.1 Å². The molecule has 8 heteroatoms. The molecule has 0 aliphatic rings. The highest BCUT2D eigenvalue weighted by molar-refractivity contribution is 7.71. The summed E-state index contributed by atoms with van der Waals surface area (Å²) in [6.45, 7) is 0. The van der Waals surface area contributed by atoms with E-state index >= 15 is 0 Å². The molecule has 0 aliphatic carbocycles. The molecule has 2 heterocycles. The van der Waals surface area contributed by atoms with Crippen molar-refractivity contribution in [2.75, 3.05) is 0 Å². The third kappa shape index (κ3) is 1.72. The van der Waals surface area contributed by atoms with Gasteiger partial charge in [-0.2, -0.15) is 18.3 Å². The lowest BCUT2D eigenvalue weighted by Gasteiger charge is -2.04. The molecule has 0 radical (unpaired) electrons. The molecule has 0 saturated carbocycles. The molecule has 80 valence electrons. The van der Waals surface area contributed by atoms with Crippen molar-refractivity contribution in [1.82, 2.24) is 19.7 Å². The minimum Gasteiger partial charge on any atom is -0.319 e. The second-order valence-corrected chi connectivity index (χ2v) is 3.34. The number of aromatic nitrogens is 4. The standard InChI is InChI=1S/C7H5F3N4S/c1-14-2-3-4(13-14)11-6(7(8,9)10)12-5(3)15/h2H,1H3,(H,11,12,13,15). The van der Waals surface area contributed by atoms with Crippen LogP contribution in [-0.4, -0.2) is 19.7 Å². The minimum absolute atomic E-state index is 0.0878. The Hall–Kier alpha value is -1.44. The molecule has 0 saturated heterocycles. The minimum atomic E-state index is -4.54. The van der Waals surface area contributed by atoms with Crippen LogP contribution in [0.3, 0.4) is 0 Å². The van der Waals surface area contributed by atoms with Crippen LogP contribution >= 0.6 is 12.2 Å². The molecule has 2 aromatic heterocycles. The molecular weight excluding hydrogens is 229 g/mol. The summed E-state index contributed by atoms with van der Waals surface area (Å²) >= 11 is 4.74. The molecule has 1 N–H and O–H groups in total. The van der Waals surface area contributed by atoms with E-state index in [1.807, 2.05) is 0 Å². The Morgan fingerprint density at radius 3 is 2.73 bits per heavy atom. The molecule has 2 rings (SSSR count). The van der Waals surface area contributed by atoms with Gasteiger partial charge in [0.05, 0.1) is 5.39 Å². The predicted molar refractivity (Wildman–Crippen MR) is 48.7 cm³/mol. The molecule has 0 unspecified atom stereocenters. The van der Waals surface area contributed by atoms with Gasteiger partial charge in [-0.05, 0) is 0 Å². The lowest BCUT2D eigenvalue weighted by atomic mass is 10.4. The van der Waals surface area contributed by atoms with E-state index in [1.54, 1.807) is 7.05 Å². The summed E-state index contributed by atoms with van der Waals surface area (Å²) in [5.41, 5.74) is 0.0878. The lowest BCUT2D eigenvalue weighted by Crippen LogP contribution is -2.11. The third-order valence-corrected chi connectivity index (χ3v) is 2.09. The van der Waals surface area contributed by atoms with Gasteiger partial charge in [0.15, 0.2) is 5.65 Å². The van der Waals surface area contributed by atoms with Crippen LogP contribution in [0, 0.1) is 4.64 Å². The number of nitrogens with one attached hydrogen (secondary N) is 1. The lowest BCUT2D eigenvalue weighted by molar-refractivity contribution is -0.144. The molecule has 15 heavy (non-hydrogen) atoms. The van der Waals surface area contributed by atoms with E-state index in [-0.39, 0.29) is 10.3 Å². The maximum atomic E-state index is 12.3. The van der Waals surface area contributed by atoms with Crippen molar-refractivity contribution >= 4 is 23.3 Å². The Morgan fingerprint density at radius 2 is 2.13 bits per heavy atom. The first-order chi connectivity index (χ1) is 6.88. The van der Waals surface area contributed by atoms with E-state index in [0.717, 1.165) is 0 Å². The summed E-state index contributed by atoms with van der Waals surface area (Å²) in [5, 5.41) is 4.21. The van der Waals surface area contributed by atoms with Crippen LogP contribution in [0.2, 0.25) is 0 Å². The van der Waals surface area contributed by atoms with E-state index in [9.17, 15) is 13.2 Å². The molecule has 0 aromatic carbocycles. The van der Waals surface area contributed by atoms with Gasteiger partial charge in [0.25, 0.3) is 0 Å². The Kier molecular flexibility index (Phi) is 2.03. The molecule has 0 spiro atoms. The SMILES string of the molecule is Cn1cc2c(=S)nc(C(F)(F)F)[nH]c2n1. The van der Waals surface area contributed by atoms with Crippen LogP contribution in [0.25, 0.3) is 11.0 Å². The predicted octanol–water partition coefficient (Wildman–Crippen LogP) is 2.04. The molecule has 0 aliphatic heterocycles. The van der Waals surface area contributed by atoms with Crippen LogP contribution in [-0.2, 0) is 13.2 Å². The van der Waals surface area contributed by atoms with E-state index in [4.69, 9.17) is 12.2 Å². The van der Waals surface area contributed by atoms with Gasteiger partial charge < -0.3 is 4.98 Å². The van der Waals surface area contributed by atoms with Gasteiger partial charge in [-0.15, -0.1) is 0 Å². The summed E-state index contributed by atoms with van der Waals surface area (Å²) in [4.78, 5) is 5.36. The Labute approximate surface area is 86.7 Å². The van der Waals surface area contributed by atoms with Crippen LogP contribution in [0.1, 0.15) is 5.82 Å². The average molecular weight is 234 g/mol. The van der Waals surface area contributed by atoms with Crippen LogP contribution < -0.4 is 0 Å². The van der Waals surface area contributed by atoms with Gasteiger partial charge in [0, 0.05) is 13.2 Å². The Bertz CT molecular complexity index is 568. The highest BCUT2D eigenvalue weighted by Crippen LogP contribution is 2.27. The van der Waals surface area contributed by atoms with Gasteiger partial charge in [-0.25, -0.2) is 4.98 Å². The number of halogens is 3. The summed E-state index contributed by atoms with van der Waals surface area (Å²) in [6, 6.07) is 0. The first kappa shape index (κ1) is 10.1. The largest absolute Gasteiger partial charge is 0.449 e. The van der Waals surface area contributed by atoms with Crippen LogP contribution in [0.15, 0.2) is 6.20 Å². The van der Waals surface area contributed by atoms with E-state index < -0.39 is 12.0 Å². The number of hydrogen-bond acceptors (Lipinski definition) is 3. The Morgan fingerprint density at radius 1 is 1.47 bits per heavy atom. The van der Waals surface area contributed by atoms with Crippen LogP contribution in [0.5, 0.6) is 0 Å². The number of H-pyrrole nitrogens is 1. The molecule has 0 amide bonds. The second kappa shape index (κ2) is 3.02. The topological polar surface area (TPSA) is 46.5 Å². The maximum absolute atomic E-state index is 12.3. The first-order valence-corrected chi connectivity index (χ1v) is 4.29. The zero-order valence-corrected chi connectivity index (χ0v) is 8.28. The van der Waals surface area contributed by atoms with Gasteiger partial charge in [0.2, 0.25) is 5.82 Å². The van der Waals surface area contributed by atoms with Crippen molar-refractivity contribution < 1.29 is 13.2 Å². The normalized spacial score (nSPS) is 12.3. The van der Waals surface area contributed by atoms with Gasteiger partial charge >= 0.3 is 6.18 Å². The number of alkyl halides is 3. The van der Waals surface area contributed by atoms with Gasteiger partial charge in [-0.1, -0.05) is 12.2 Å². The molecule has 4 nitrogen and oxygen atoms in total. The van der Waals surface area contributed by atoms with Crippen molar-refractivity contribution in [3.8, 4) is 0 Å². The second-order valence-electron chi connectivity index (χ2n) is 2.95. The fourth-order valence-electron chi connectivity index (χ4n) is 1.17. The highest BCUT2D eigenvalue weighted by atomic mass is 32.1. The van der Waals surface area contributed by atoms with Crippen molar-refractivity contribution in [3.63, 3.8) is 0 Å². The van der Waals surface area contributed by atoms with Crippen molar-refractivity contribution in [2.45, 2.75) is 6.18 Å². The number of aryl methyl sites for hydroxylation is 1. The third-order valence-electron chi connectivity index (χ3n) is 1.78. The van der Waals surface area contributed by atoms with Crippen molar-refractivity contribution in [2.24, 2.45) is 7.05 Å². The number of fused-ring (bicyclic) bond motifs is 1. The highest BCUT2D eigenvalue weighted by Gasteiger charge is 2.34. The molecule has 0 fully saturated rings. The summed E-state index contributed by atoms with van der Waals surface area (Å²) < 4.78 is 38.3. The summed E-state index contributed by atoms with van der Waals surface area (Å²) in [6.07, 6.45) is -3.03. The van der Waals surface area contributed by atoms with Crippen LogP contribution in [0.4, 0.5) is 13.2 Å². The smallest absolute Gasteiger partial charge is 0.319 e. The fourth-order valence-corrected chi connectivity index (χ4v) is 1.41. The molecular formula is C7H5F3N4S. The van der Waals surface area contributed by atoms with E-state index in [0.29, 0.717) is 5.39 Å². The Balaban J connectivity index is 2.78. The average Bonchev–Trinajstić information content (AvgIpc) is 2.44. The molecule has 0 atom stereocenters. The fraction of sp³-hybridized carbons (Fsp3) is 0.286. The zero-order chi connectivity index (χ0) is 11.2. The quantitative estimate of drug-likeness (QED) is 0.709.